The van der Waals surface area contributed by atoms with Crippen LogP contribution in [0.25, 0.3) is 0 Å². The molecule has 0 saturated carbocycles. The van der Waals surface area contributed by atoms with Gasteiger partial charge in [-0.3, -0.25) is 0 Å². The summed E-state index contributed by atoms with van der Waals surface area (Å²) < 4.78 is 22.8. The van der Waals surface area contributed by atoms with Crippen LogP contribution < -0.4 is 28.7 Å². The monoisotopic (exact) mass is 483 g/mol. The lowest BCUT2D eigenvalue weighted by Gasteiger charge is -2.43. The van der Waals surface area contributed by atoms with Crippen molar-refractivity contribution in [1.29, 1.82) is 0 Å². The molecule has 0 aromatic rings. The van der Waals surface area contributed by atoms with E-state index in [4.69, 9.17) is 47.6 Å². The SMILES string of the molecule is C[C@H](O)[C@H](N)C(O[C@H]1O[C@H](CN)CCC1N)C(O)[C@H](CN)O[C@H]1OC(CO)[C@H](O)[C@H](N)C1O. The lowest BCUT2D eigenvalue weighted by atomic mass is 9.95. The molecule has 0 amide bonds. The smallest absolute Gasteiger partial charge is 0.186 e. The molecule has 2 heterocycles. The summed E-state index contributed by atoms with van der Waals surface area (Å²) in [6.45, 7) is 0.850. The van der Waals surface area contributed by atoms with E-state index in [-0.39, 0.29) is 19.2 Å². The standard InChI is InChI=1S/C19H41N5O9/c1-7(26)12(23)17(33-18-9(22)3-2-8(4-20)30-18)15(28)10(5-21)31-19-16(29)13(24)14(27)11(6-25)32-19/h7-19,25-29H,2-6,20-24H2,1H3/t7-,8-,9?,10-,11?,12-,13-,14-,15?,16?,17?,18+,19-/m0/s1. The molecule has 5 unspecified atom stereocenters. The summed E-state index contributed by atoms with van der Waals surface area (Å²) >= 11 is 0. The molecule has 2 fully saturated rings. The van der Waals surface area contributed by atoms with Crippen LogP contribution in [0.5, 0.6) is 0 Å². The van der Waals surface area contributed by atoms with Crippen LogP contribution in [0.2, 0.25) is 0 Å². The van der Waals surface area contributed by atoms with E-state index in [1.165, 1.54) is 6.92 Å². The van der Waals surface area contributed by atoms with Crippen molar-refractivity contribution in [2.75, 3.05) is 19.7 Å². The number of aliphatic hydroxyl groups is 5. The number of rotatable bonds is 11. The van der Waals surface area contributed by atoms with Crippen molar-refractivity contribution in [2.24, 2.45) is 28.7 Å². The second-order valence-electron chi connectivity index (χ2n) is 8.71. The summed E-state index contributed by atoms with van der Waals surface area (Å²) in [5.41, 5.74) is 29.5. The maximum atomic E-state index is 11.1. The molecule has 33 heavy (non-hydrogen) atoms. The van der Waals surface area contributed by atoms with Gasteiger partial charge in [0.15, 0.2) is 12.6 Å². The Balaban J connectivity index is 2.18. The van der Waals surface area contributed by atoms with Crippen LogP contribution in [-0.2, 0) is 18.9 Å². The van der Waals surface area contributed by atoms with Crippen molar-refractivity contribution >= 4 is 0 Å². The van der Waals surface area contributed by atoms with Gasteiger partial charge in [0.1, 0.15) is 36.6 Å². The minimum atomic E-state index is -1.51. The van der Waals surface area contributed by atoms with Gasteiger partial charge >= 0.3 is 0 Å². The topological polar surface area (TPSA) is 268 Å². The van der Waals surface area contributed by atoms with Gasteiger partial charge < -0.3 is 73.1 Å². The zero-order valence-electron chi connectivity index (χ0n) is 18.8. The van der Waals surface area contributed by atoms with Crippen LogP contribution in [0.3, 0.4) is 0 Å². The molecular weight excluding hydrogens is 442 g/mol. The van der Waals surface area contributed by atoms with Gasteiger partial charge in [0.05, 0.1) is 36.9 Å². The second kappa shape index (κ2) is 12.9. The first-order valence-corrected chi connectivity index (χ1v) is 11.2. The van der Waals surface area contributed by atoms with Crippen LogP contribution in [0, 0.1) is 0 Å². The number of nitrogens with two attached hydrogens (primary N) is 5. The molecule has 2 rings (SSSR count). The molecular formula is C19H41N5O9. The fourth-order valence-electron chi connectivity index (χ4n) is 3.90. The Labute approximate surface area is 192 Å². The minimum absolute atomic E-state index is 0.256. The molecule has 15 N–H and O–H groups in total. The maximum absolute atomic E-state index is 11.1. The molecule has 2 saturated heterocycles. The van der Waals surface area contributed by atoms with Gasteiger partial charge in [-0.05, 0) is 19.8 Å². The molecule has 0 aromatic carbocycles. The van der Waals surface area contributed by atoms with Crippen LogP contribution in [0.4, 0.5) is 0 Å². The average molecular weight is 484 g/mol. The third-order valence-corrected chi connectivity index (χ3v) is 6.18. The van der Waals surface area contributed by atoms with Crippen LogP contribution in [0.15, 0.2) is 0 Å². The molecule has 2 aliphatic rings. The molecule has 0 bridgehead atoms. The summed E-state index contributed by atoms with van der Waals surface area (Å²) in [5, 5.41) is 50.9. The highest BCUT2D eigenvalue weighted by molar-refractivity contribution is 4.94. The first kappa shape index (κ1) is 28.7. The van der Waals surface area contributed by atoms with E-state index in [1.54, 1.807) is 0 Å². The van der Waals surface area contributed by atoms with Gasteiger partial charge in [-0.15, -0.1) is 0 Å². The second-order valence-corrected chi connectivity index (χ2v) is 8.71. The predicted molar refractivity (Wildman–Crippen MR) is 115 cm³/mol. The summed E-state index contributed by atoms with van der Waals surface area (Å²) in [6.07, 6.45) is -10.4. The van der Waals surface area contributed by atoms with E-state index in [2.05, 4.69) is 0 Å². The molecule has 0 aromatic heterocycles. The minimum Gasteiger partial charge on any atom is -0.394 e. The van der Waals surface area contributed by atoms with E-state index in [0.717, 1.165) is 0 Å². The van der Waals surface area contributed by atoms with Gasteiger partial charge in [-0.1, -0.05) is 0 Å². The van der Waals surface area contributed by atoms with Crippen molar-refractivity contribution in [3.05, 3.63) is 0 Å². The maximum Gasteiger partial charge on any atom is 0.186 e. The Morgan fingerprint density at radius 1 is 1.00 bits per heavy atom. The van der Waals surface area contributed by atoms with Crippen molar-refractivity contribution in [1.82, 2.24) is 0 Å². The molecule has 0 spiro atoms. The van der Waals surface area contributed by atoms with Gasteiger partial charge in [-0.25, -0.2) is 0 Å². The van der Waals surface area contributed by atoms with E-state index < -0.39 is 80.0 Å². The fraction of sp³-hybridized carbons (Fsp3) is 1.00. The number of aliphatic hydroxyl groups excluding tert-OH is 5. The first-order valence-electron chi connectivity index (χ1n) is 11.2. The lowest BCUT2D eigenvalue weighted by molar-refractivity contribution is -0.305. The first-order chi connectivity index (χ1) is 15.5. The van der Waals surface area contributed by atoms with E-state index in [9.17, 15) is 25.5 Å². The van der Waals surface area contributed by atoms with Gasteiger partial charge in [0.25, 0.3) is 0 Å². The van der Waals surface area contributed by atoms with E-state index in [0.29, 0.717) is 12.8 Å². The third kappa shape index (κ3) is 6.99. The van der Waals surface area contributed by atoms with E-state index in [1.807, 2.05) is 0 Å². The van der Waals surface area contributed by atoms with Crippen LogP contribution in [-0.4, -0.2) is 125 Å². The summed E-state index contributed by atoms with van der Waals surface area (Å²) in [7, 11) is 0. The van der Waals surface area contributed by atoms with Crippen molar-refractivity contribution in [3.8, 4) is 0 Å². The van der Waals surface area contributed by atoms with Gasteiger partial charge in [0.2, 0.25) is 0 Å². The molecule has 196 valence electrons. The summed E-state index contributed by atoms with van der Waals surface area (Å²) in [4.78, 5) is 0. The fourth-order valence-corrected chi connectivity index (χ4v) is 3.90. The number of ether oxygens (including phenoxy) is 4. The zero-order chi connectivity index (χ0) is 24.9. The Bertz CT molecular complexity index is 578. The number of hydrogen-bond donors (Lipinski definition) is 10. The normalized spacial score (nSPS) is 40.1. The van der Waals surface area contributed by atoms with Gasteiger partial charge in [-0.2, -0.15) is 0 Å². The highest BCUT2D eigenvalue weighted by Crippen LogP contribution is 2.26. The Hall–Kier alpha value is -0.560. The third-order valence-electron chi connectivity index (χ3n) is 6.18. The van der Waals surface area contributed by atoms with Crippen molar-refractivity contribution in [3.63, 3.8) is 0 Å². The molecule has 0 aliphatic carbocycles. The Morgan fingerprint density at radius 2 is 1.67 bits per heavy atom. The molecule has 14 heteroatoms. The quantitative estimate of drug-likeness (QED) is 0.131. The molecule has 13 atom stereocenters. The largest absolute Gasteiger partial charge is 0.394 e. The van der Waals surface area contributed by atoms with Crippen molar-refractivity contribution < 1.29 is 44.5 Å². The highest BCUT2D eigenvalue weighted by Gasteiger charge is 2.46. The zero-order valence-corrected chi connectivity index (χ0v) is 18.8. The summed E-state index contributed by atoms with van der Waals surface area (Å²) in [6, 6.07) is -2.78. The number of hydrogen-bond acceptors (Lipinski definition) is 14. The van der Waals surface area contributed by atoms with E-state index >= 15 is 0 Å². The molecule has 0 radical (unpaired) electrons. The van der Waals surface area contributed by atoms with Gasteiger partial charge in [0, 0.05) is 13.1 Å². The lowest BCUT2D eigenvalue weighted by Crippen LogP contribution is -2.65. The average Bonchev–Trinajstić information content (AvgIpc) is 2.80. The summed E-state index contributed by atoms with van der Waals surface area (Å²) in [5.74, 6) is 0. The molecule has 14 nitrogen and oxygen atoms in total. The highest BCUT2D eigenvalue weighted by atomic mass is 16.7. The predicted octanol–water partition coefficient (Wildman–Crippen LogP) is -5.66. The van der Waals surface area contributed by atoms with Crippen molar-refractivity contribution in [2.45, 2.75) is 99.3 Å². The van der Waals surface area contributed by atoms with Crippen LogP contribution in [0.1, 0.15) is 19.8 Å². The Morgan fingerprint density at radius 3 is 2.21 bits per heavy atom. The Kier molecular flexibility index (Phi) is 11.2. The van der Waals surface area contributed by atoms with Crippen LogP contribution >= 0.6 is 0 Å². The molecule has 2 aliphatic heterocycles.